The summed E-state index contributed by atoms with van der Waals surface area (Å²) in [7, 11) is 0. The van der Waals surface area contributed by atoms with Crippen LogP contribution < -0.4 is 5.73 Å². The van der Waals surface area contributed by atoms with Crippen LogP contribution in [0.5, 0.6) is 0 Å². The lowest BCUT2D eigenvalue weighted by atomic mass is 10.3. The molecule has 0 aliphatic heterocycles. The standard InChI is InChI=1S/C15H29N3O3/c1-4-5-7-19-9-11-21-12-10-20-8-6-18-14(3)15(16)13(2)17-18/h4-12,16H2,1-3H3. The first-order valence-electron chi connectivity index (χ1n) is 7.69. The van der Waals surface area contributed by atoms with E-state index in [1.807, 2.05) is 18.5 Å². The number of rotatable bonds is 12. The van der Waals surface area contributed by atoms with E-state index in [0.29, 0.717) is 39.6 Å². The number of anilines is 1. The van der Waals surface area contributed by atoms with Gasteiger partial charge in [-0.3, -0.25) is 4.68 Å². The molecular formula is C15H29N3O3. The molecule has 0 aliphatic carbocycles. The first-order chi connectivity index (χ1) is 10.2. The molecule has 122 valence electrons. The van der Waals surface area contributed by atoms with Crippen LogP contribution in [0.2, 0.25) is 0 Å². The van der Waals surface area contributed by atoms with Crippen LogP contribution in [-0.4, -0.2) is 49.4 Å². The maximum atomic E-state index is 5.88. The molecule has 1 rings (SSSR count). The van der Waals surface area contributed by atoms with Crippen molar-refractivity contribution >= 4 is 5.69 Å². The number of ether oxygens (including phenoxy) is 3. The zero-order valence-electron chi connectivity index (χ0n) is 13.6. The number of nitrogens with two attached hydrogens (primary N) is 1. The van der Waals surface area contributed by atoms with E-state index in [-0.39, 0.29) is 0 Å². The summed E-state index contributed by atoms with van der Waals surface area (Å²) in [5.41, 5.74) is 8.51. The Labute approximate surface area is 127 Å². The first kappa shape index (κ1) is 17.9. The first-order valence-corrected chi connectivity index (χ1v) is 7.69. The zero-order valence-corrected chi connectivity index (χ0v) is 13.6. The van der Waals surface area contributed by atoms with Crippen LogP contribution in [0.25, 0.3) is 0 Å². The molecule has 0 fully saturated rings. The summed E-state index contributed by atoms with van der Waals surface area (Å²) in [6.07, 6.45) is 2.27. The van der Waals surface area contributed by atoms with Crippen LogP contribution in [0.3, 0.4) is 0 Å². The fraction of sp³-hybridized carbons (Fsp3) is 0.800. The lowest BCUT2D eigenvalue weighted by molar-refractivity contribution is 0.0123. The number of aryl methyl sites for hydroxylation is 1. The number of hydrogen-bond acceptors (Lipinski definition) is 5. The van der Waals surface area contributed by atoms with Gasteiger partial charge in [0.05, 0.1) is 56.7 Å². The van der Waals surface area contributed by atoms with Gasteiger partial charge in [-0.25, -0.2) is 0 Å². The zero-order chi connectivity index (χ0) is 15.5. The normalized spacial score (nSPS) is 11.2. The molecule has 0 amide bonds. The summed E-state index contributed by atoms with van der Waals surface area (Å²) in [5, 5.41) is 4.36. The highest BCUT2D eigenvalue weighted by atomic mass is 16.5. The predicted molar refractivity (Wildman–Crippen MR) is 83.5 cm³/mol. The summed E-state index contributed by atoms with van der Waals surface area (Å²) in [4.78, 5) is 0. The maximum Gasteiger partial charge on any atom is 0.0825 e. The topological polar surface area (TPSA) is 71.5 Å². The Morgan fingerprint density at radius 2 is 1.52 bits per heavy atom. The molecule has 0 saturated carbocycles. The van der Waals surface area contributed by atoms with Gasteiger partial charge in [-0.2, -0.15) is 5.10 Å². The molecule has 1 heterocycles. The van der Waals surface area contributed by atoms with Crippen LogP contribution in [0.15, 0.2) is 0 Å². The Kier molecular flexibility index (Phi) is 9.05. The Morgan fingerprint density at radius 1 is 0.952 bits per heavy atom. The van der Waals surface area contributed by atoms with Gasteiger partial charge >= 0.3 is 0 Å². The van der Waals surface area contributed by atoms with Gasteiger partial charge < -0.3 is 19.9 Å². The van der Waals surface area contributed by atoms with Crippen LogP contribution in [0.1, 0.15) is 31.2 Å². The molecule has 2 N–H and O–H groups in total. The minimum absolute atomic E-state index is 0.587. The molecule has 0 saturated heterocycles. The lowest BCUT2D eigenvalue weighted by Crippen LogP contribution is -2.13. The van der Waals surface area contributed by atoms with Crippen LogP contribution in [0.4, 0.5) is 5.69 Å². The second kappa shape index (κ2) is 10.6. The van der Waals surface area contributed by atoms with Gasteiger partial charge in [0.1, 0.15) is 0 Å². The van der Waals surface area contributed by atoms with Crippen molar-refractivity contribution in [1.29, 1.82) is 0 Å². The molecular weight excluding hydrogens is 270 g/mol. The number of hydrogen-bond donors (Lipinski definition) is 1. The second-order valence-corrected chi connectivity index (χ2v) is 5.00. The fourth-order valence-corrected chi connectivity index (χ4v) is 1.87. The van der Waals surface area contributed by atoms with Gasteiger partial charge in [0.2, 0.25) is 0 Å². The number of nitrogen functional groups attached to an aromatic ring is 1. The van der Waals surface area contributed by atoms with Crippen molar-refractivity contribution in [2.45, 2.75) is 40.2 Å². The third-order valence-corrected chi connectivity index (χ3v) is 3.27. The van der Waals surface area contributed by atoms with E-state index in [2.05, 4.69) is 12.0 Å². The molecule has 1 aromatic heterocycles. The maximum absolute atomic E-state index is 5.88. The van der Waals surface area contributed by atoms with Crippen molar-refractivity contribution in [2.24, 2.45) is 0 Å². The molecule has 6 nitrogen and oxygen atoms in total. The SMILES string of the molecule is CCCCOCCOCCOCCn1nc(C)c(N)c1C. The molecule has 0 aliphatic rings. The highest BCUT2D eigenvalue weighted by Gasteiger charge is 2.07. The number of aromatic nitrogens is 2. The van der Waals surface area contributed by atoms with Gasteiger partial charge in [0, 0.05) is 6.61 Å². The molecule has 0 spiro atoms. The van der Waals surface area contributed by atoms with Crippen molar-refractivity contribution in [1.82, 2.24) is 9.78 Å². The molecule has 0 aromatic carbocycles. The van der Waals surface area contributed by atoms with E-state index >= 15 is 0 Å². The smallest absolute Gasteiger partial charge is 0.0825 e. The molecule has 0 radical (unpaired) electrons. The van der Waals surface area contributed by atoms with Crippen molar-refractivity contribution < 1.29 is 14.2 Å². The van der Waals surface area contributed by atoms with Gasteiger partial charge in [0.15, 0.2) is 0 Å². The van der Waals surface area contributed by atoms with Crippen molar-refractivity contribution in [3.05, 3.63) is 11.4 Å². The van der Waals surface area contributed by atoms with Crippen LogP contribution in [-0.2, 0) is 20.8 Å². The highest BCUT2D eigenvalue weighted by Crippen LogP contribution is 2.14. The molecule has 21 heavy (non-hydrogen) atoms. The van der Waals surface area contributed by atoms with E-state index in [0.717, 1.165) is 36.5 Å². The average Bonchev–Trinajstić information content (AvgIpc) is 2.72. The van der Waals surface area contributed by atoms with E-state index in [1.165, 1.54) is 0 Å². The average molecular weight is 299 g/mol. The minimum Gasteiger partial charge on any atom is -0.396 e. The number of nitrogens with zero attached hydrogens (tertiary/aromatic N) is 2. The summed E-state index contributed by atoms with van der Waals surface area (Å²) < 4.78 is 18.2. The van der Waals surface area contributed by atoms with Crippen molar-refractivity contribution in [3.63, 3.8) is 0 Å². The van der Waals surface area contributed by atoms with Crippen LogP contribution in [0, 0.1) is 13.8 Å². The van der Waals surface area contributed by atoms with E-state index in [1.54, 1.807) is 0 Å². The quantitative estimate of drug-likeness (QED) is 0.597. The molecule has 1 aromatic rings. The van der Waals surface area contributed by atoms with E-state index in [9.17, 15) is 0 Å². The van der Waals surface area contributed by atoms with Gasteiger partial charge in [-0.05, 0) is 20.3 Å². The molecule has 0 atom stereocenters. The Bertz CT molecular complexity index is 394. The molecule has 0 unspecified atom stereocenters. The number of unbranched alkanes of at least 4 members (excludes halogenated alkanes) is 1. The van der Waals surface area contributed by atoms with Gasteiger partial charge in [0.25, 0.3) is 0 Å². The lowest BCUT2D eigenvalue weighted by Gasteiger charge is -2.07. The summed E-state index contributed by atoms with van der Waals surface area (Å²) in [6.45, 7) is 10.6. The van der Waals surface area contributed by atoms with E-state index in [4.69, 9.17) is 19.9 Å². The van der Waals surface area contributed by atoms with Crippen molar-refractivity contribution in [3.8, 4) is 0 Å². The van der Waals surface area contributed by atoms with E-state index < -0.39 is 0 Å². The molecule has 0 bridgehead atoms. The third-order valence-electron chi connectivity index (χ3n) is 3.27. The summed E-state index contributed by atoms with van der Waals surface area (Å²) >= 11 is 0. The van der Waals surface area contributed by atoms with Gasteiger partial charge in [-0.1, -0.05) is 13.3 Å². The largest absolute Gasteiger partial charge is 0.396 e. The Morgan fingerprint density at radius 3 is 2.05 bits per heavy atom. The Balaban J connectivity index is 1.94. The Hall–Kier alpha value is -1.11. The second-order valence-electron chi connectivity index (χ2n) is 5.00. The minimum atomic E-state index is 0.587. The predicted octanol–water partition coefficient (Wildman–Crippen LogP) is 1.93. The molecule has 6 heteroatoms. The van der Waals surface area contributed by atoms with Crippen molar-refractivity contribution in [2.75, 3.05) is 45.4 Å². The summed E-state index contributed by atoms with van der Waals surface area (Å²) in [5.74, 6) is 0. The third kappa shape index (κ3) is 6.93. The van der Waals surface area contributed by atoms with Crippen LogP contribution >= 0.6 is 0 Å². The fourth-order valence-electron chi connectivity index (χ4n) is 1.87. The summed E-state index contributed by atoms with van der Waals surface area (Å²) in [6, 6.07) is 0. The highest BCUT2D eigenvalue weighted by molar-refractivity contribution is 5.46. The monoisotopic (exact) mass is 299 g/mol. The van der Waals surface area contributed by atoms with Gasteiger partial charge in [-0.15, -0.1) is 0 Å².